The number of thiazole rings is 1. The van der Waals surface area contributed by atoms with Crippen molar-refractivity contribution in [1.29, 1.82) is 0 Å². The zero-order valence-corrected chi connectivity index (χ0v) is 24.5. The summed E-state index contributed by atoms with van der Waals surface area (Å²) < 4.78 is 50.5. The maximum absolute atomic E-state index is 13.3. The van der Waals surface area contributed by atoms with Crippen LogP contribution in [0.15, 0.2) is 72.1 Å². The number of ether oxygens (including phenoxy) is 2. The molecule has 1 amide bonds. The first-order valence-corrected chi connectivity index (χ1v) is 14.9. The maximum atomic E-state index is 13.3. The number of hydrogen-bond donors (Lipinski definition) is 0. The predicted molar refractivity (Wildman–Crippen MR) is 158 cm³/mol. The number of alkyl halides is 3. The van der Waals surface area contributed by atoms with Crippen molar-refractivity contribution < 1.29 is 27.4 Å². The van der Waals surface area contributed by atoms with Crippen molar-refractivity contribution in [3.05, 3.63) is 105 Å². The highest BCUT2D eigenvalue weighted by atomic mass is 32.1. The lowest BCUT2D eigenvalue weighted by atomic mass is 10.1. The summed E-state index contributed by atoms with van der Waals surface area (Å²) in [6.07, 6.45) is -4.39. The fraction of sp³-hybridized carbons (Fsp3) is 0.312. The molecule has 1 aromatic heterocycles. The Bertz CT molecular complexity index is 1580. The molecule has 0 unspecified atom stereocenters. The van der Waals surface area contributed by atoms with Crippen LogP contribution in [0.3, 0.4) is 0 Å². The molecule has 11 heteroatoms. The number of piperazine rings is 1. The predicted octanol–water partition coefficient (Wildman–Crippen LogP) is 6.36. The average molecular weight is 609 g/mol. The van der Waals surface area contributed by atoms with Gasteiger partial charge in [0.1, 0.15) is 10.7 Å². The Hall–Kier alpha value is -4.09. The summed E-state index contributed by atoms with van der Waals surface area (Å²) >= 11 is 1.45. The molecule has 0 spiro atoms. The van der Waals surface area contributed by atoms with Gasteiger partial charge in [0, 0.05) is 50.3 Å². The average Bonchev–Trinajstić information content (AvgIpc) is 3.67. The topological polar surface area (TPSA) is 58.1 Å². The second kappa shape index (κ2) is 12.3. The monoisotopic (exact) mass is 608 g/mol. The summed E-state index contributed by atoms with van der Waals surface area (Å²) in [5.41, 5.74) is 3.69. The van der Waals surface area contributed by atoms with Crippen LogP contribution in [0.2, 0.25) is 0 Å². The highest BCUT2D eigenvalue weighted by Gasteiger charge is 2.31. The van der Waals surface area contributed by atoms with Gasteiger partial charge >= 0.3 is 6.18 Å². The zero-order chi connectivity index (χ0) is 30.0. The smallest absolute Gasteiger partial charge is 0.416 e. The number of halogens is 3. The third-order valence-corrected chi connectivity index (χ3v) is 8.44. The van der Waals surface area contributed by atoms with Gasteiger partial charge in [-0.3, -0.25) is 9.69 Å². The number of anilines is 1. The van der Waals surface area contributed by atoms with Crippen LogP contribution in [-0.2, 0) is 25.8 Å². The van der Waals surface area contributed by atoms with Gasteiger partial charge < -0.3 is 19.3 Å². The number of carbonyl (C=O) groups excluding carboxylic acids is 1. The molecule has 2 aliphatic rings. The minimum Gasteiger partial charge on any atom is -0.454 e. The van der Waals surface area contributed by atoms with Crippen LogP contribution in [0.4, 0.5) is 18.9 Å². The van der Waals surface area contributed by atoms with E-state index < -0.39 is 11.7 Å². The molecule has 0 N–H and O–H groups in total. The van der Waals surface area contributed by atoms with E-state index in [9.17, 15) is 18.0 Å². The van der Waals surface area contributed by atoms with Crippen molar-refractivity contribution in [3.8, 4) is 11.5 Å². The molecule has 224 valence electrons. The summed E-state index contributed by atoms with van der Waals surface area (Å²) in [6.45, 7) is 5.92. The first kappa shape index (κ1) is 29.0. The van der Waals surface area contributed by atoms with Gasteiger partial charge in [0.15, 0.2) is 11.5 Å². The van der Waals surface area contributed by atoms with Gasteiger partial charge in [0.25, 0.3) is 5.91 Å². The Morgan fingerprint density at radius 2 is 1.63 bits per heavy atom. The number of aryl methyl sites for hydroxylation is 1. The number of rotatable bonds is 8. The summed E-state index contributed by atoms with van der Waals surface area (Å²) in [5, 5.41) is 2.63. The molecule has 0 radical (unpaired) electrons. The SMILES string of the molecule is Cc1ccc(CN(Cc2ccc3c(c2)OCO3)Cc2nc(C(=O)N3CCN(c4cccc(C(F)(F)F)c4)CC3)cs2)cc1. The molecule has 0 saturated carbocycles. The highest BCUT2D eigenvalue weighted by molar-refractivity contribution is 7.09. The molecule has 4 aromatic rings. The lowest BCUT2D eigenvalue weighted by molar-refractivity contribution is -0.137. The summed E-state index contributed by atoms with van der Waals surface area (Å²) in [5.74, 6) is 1.32. The van der Waals surface area contributed by atoms with E-state index in [1.807, 2.05) is 23.1 Å². The van der Waals surface area contributed by atoms with E-state index in [2.05, 4.69) is 36.1 Å². The van der Waals surface area contributed by atoms with Crippen molar-refractivity contribution in [2.75, 3.05) is 37.9 Å². The number of benzene rings is 3. The molecule has 2 aliphatic heterocycles. The summed E-state index contributed by atoms with van der Waals surface area (Å²) in [6, 6.07) is 19.7. The van der Waals surface area contributed by atoms with Crippen molar-refractivity contribution in [1.82, 2.24) is 14.8 Å². The Kier molecular flexibility index (Phi) is 8.27. The van der Waals surface area contributed by atoms with Crippen LogP contribution in [0.1, 0.15) is 37.7 Å². The minimum atomic E-state index is -4.39. The highest BCUT2D eigenvalue weighted by Crippen LogP contribution is 2.34. The van der Waals surface area contributed by atoms with E-state index in [1.165, 1.54) is 28.5 Å². The fourth-order valence-corrected chi connectivity index (χ4v) is 6.11. The Morgan fingerprint density at radius 3 is 2.40 bits per heavy atom. The maximum Gasteiger partial charge on any atom is 0.416 e. The van der Waals surface area contributed by atoms with Gasteiger partial charge in [-0.2, -0.15) is 13.2 Å². The van der Waals surface area contributed by atoms with Crippen LogP contribution < -0.4 is 14.4 Å². The molecule has 3 aromatic carbocycles. The van der Waals surface area contributed by atoms with Crippen molar-refractivity contribution >= 4 is 22.9 Å². The molecule has 3 heterocycles. The van der Waals surface area contributed by atoms with Crippen molar-refractivity contribution in [2.45, 2.75) is 32.7 Å². The molecule has 1 saturated heterocycles. The lowest BCUT2D eigenvalue weighted by Gasteiger charge is -2.36. The van der Waals surface area contributed by atoms with Crippen LogP contribution in [-0.4, -0.2) is 53.7 Å². The number of amides is 1. The number of fused-ring (bicyclic) bond motifs is 1. The fourth-order valence-electron chi connectivity index (χ4n) is 5.30. The molecule has 0 bridgehead atoms. The molecule has 0 aliphatic carbocycles. The van der Waals surface area contributed by atoms with Crippen molar-refractivity contribution in [3.63, 3.8) is 0 Å². The Morgan fingerprint density at radius 1 is 0.907 bits per heavy atom. The number of nitrogens with zero attached hydrogens (tertiary/aromatic N) is 4. The first-order valence-electron chi connectivity index (χ1n) is 14.0. The van der Waals surface area contributed by atoms with E-state index in [1.54, 1.807) is 16.3 Å². The van der Waals surface area contributed by atoms with Gasteiger partial charge in [-0.15, -0.1) is 11.3 Å². The first-order chi connectivity index (χ1) is 20.7. The summed E-state index contributed by atoms with van der Waals surface area (Å²) in [4.78, 5) is 23.9. The van der Waals surface area contributed by atoms with Crippen molar-refractivity contribution in [2.24, 2.45) is 0 Å². The molecular weight excluding hydrogens is 577 g/mol. The van der Waals surface area contributed by atoms with E-state index in [-0.39, 0.29) is 12.7 Å². The van der Waals surface area contributed by atoms with E-state index in [4.69, 9.17) is 14.5 Å². The van der Waals surface area contributed by atoms with Crippen LogP contribution in [0.25, 0.3) is 0 Å². The van der Waals surface area contributed by atoms with Gasteiger partial charge in [-0.05, 0) is 48.4 Å². The number of hydrogen-bond acceptors (Lipinski definition) is 7. The zero-order valence-electron chi connectivity index (χ0n) is 23.6. The third kappa shape index (κ3) is 6.94. The quantitative estimate of drug-likeness (QED) is 0.232. The molecule has 1 fully saturated rings. The molecule has 7 nitrogen and oxygen atoms in total. The van der Waals surface area contributed by atoms with Gasteiger partial charge in [0.05, 0.1) is 12.1 Å². The second-order valence-corrected chi connectivity index (χ2v) is 11.7. The molecule has 43 heavy (non-hydrogen) atoms. The Balaban J connectivity index is 1.11. The largest absolute Gasteiger partial charge is 0.454 e. The van der Waals surface area contributed by atoms with Gasteiger partial charge in [0.2, 0.25) is 6.79 Å². The van der Waals surface area contributed by atoms with E-state index >= 15 is 0 Å². The van der Waals surface area contributed by atoms with E-state index in [0.717, 1.165) is 34.2 Å². The second-order valence-electron chi connectivity index (χ2n) is 10.8. The molecule has 0 atom stereocenters. The Labute approximate surface area is 252 Å². The van der Waals surface area contributed by atoms with E-state index in [0.29, 0.717) is 57.2 Å². The number of carbonyl (C=O) groups is 1. The van der Waals surface area contributed by atoms with Gasteiger partial charge in [-0.1, -0.05) is 42.0 Å². The third-order valence-electron chi connectivity index (χ3n) is 7.61. The van der Waals surface area contributed by atoms with Crippen LogP contribution in [0.5, 0.6) is 11.5 Å². The normalized spacial score (nSPS) is 14.9. The molecular formula is C32H31F3N4O3S. The minimum absolute atomic E-state index is 0.160. The summed E-state index contributed by atoms with van der Waals surface area (Å²) in [7, 11) is 0. The van der Waals surface area contributed by atoms with Crippen LogP contribution in [0, 0.1) is 6.92 Å². The standard InChI is InChI=1S/C32H31F3N4O3S/c1-22-5-7-23(8-6-22)17-37(18-24-9-10-28-29(15-24)42-21-41-28)19-30-36-27(20-43-30)31(40)39-13-11-38(12-14-39)26-4-2-3-25(16-26)32(33,34)35/h2-10,15-16,20H,11-14,17-19,21H2,1H3. The number of aromatic nitrogens is 1. The lowest BCUT2D eigenvalue weighted by Crippen LogP contribution is -2.49. The molecule has 6 rings (SSSR count). The van der Waals surface area contributed by atoms with Crippen LogP contribution >= 0.6 is 11.3 Å². The van der Waals surface area contributed by atoms with Gasteiger partial charge in [-0.25, -0.2) is 4.98 Å².